The van der Waals surface area contributed by atoms with Gasteiger partial charge in [-0.2, -0.15) is 0 Å². The van der Waals surface area contributed by atoms with Gasteiger partial charge in [0.1, 0.15) is 16.5 Å². The van der Waals surface area contributed by atoms with E-state index in [0.29, 0.717) is 6.54 Å². The summed E-state index contributed by atoms with van der Waals surface area (Å²) in [7, 11) is 1.44. The van der Waals surface area contributed by atoms with Crippen LogP contribution in [0.2, 0.25) is 0 Å². The zero-order valence-corrected chi connectivity index (χ0v) is 15.7. The Kier molecular flexibility index (Phi) is 4.60. The van der Waals surface area contributed by atoms with E-state index in [1.54, 1.807) is 0 Å². The number of methoxy groups -OCH3 is 1. The fourth-order valence-electron chi connectivity index (χ4n) is 3.84. The van der Waals surface area contributed by atoms with E-state index in [1.807, 2.05) is 18.3 Å². The fraction of sp³-hybridized carbons (Fsp3) is 0.611. The van der Waals surface area contributed by atoms with Crippen LogP contribution in [0.1, 0.15) is 29.1 Å². The molecule has 0 spiro atoms. The number of rotatable bonds is 3. The van der Waals surface area contributed by atoms with Gasteiger partial charge >= 0.3 is 5.97 Å². The average molecular weight is 360 g/mol. The molecule has 25 heavy (non-hydrogen) atoms. The third-order valence-electron chi connectivity index (χ3n) is 5.16. The number of aryl methyl sites for hydroxylation is 3. The third-order valence-corrected chi connectivity index (χ3v) is 6.35. The summed E-state index contributed by atoms with van der Waals surface area (Å²) in [6, 6.07) is 0. The van der Waals surface area contributed by atoms with Gasteiger partial charge in [-0.1, -0.05) is 0 Å². The van der Waals surface area contributed by atoms with Gasteiger partial charge in [-0.3, -0.25) is 9.69 Å². The van der Waals surface area contributed by atoms with Gasteiger partial charge in [0, 0.05) is 31.1 Å². The van der Waals surface area contributed by atoms with Crippen LogP contribution in [0.25, 0.3) is 10.2 Å². The first-order valence-electron chi connectivity index (χ1n) is 8.98. The predicted molar refractivity (Wildman–Crippen MR) is 99.5 cm³/mol. The number of fused-ring (bicyclic) bond motifs is 3. The van der Waals surface area contributed by atoms with E-state index in [-0.39, 0.29) is 5.97 Å². The van der Waals surface area contributed by atoms with Crippen molar-refractivity contribution in [2.24, 2.45) is 0 Å². The van der Waals surface area contributed by atoms with E-state index < -0.39 is 0 Å². The van der Waals surface area contributed by atoms with Crippen molar-refractivity contribution in [3.05, 3.63) is 16.3 Å². The van der Waals surface area contributed by atoms with Gasteiger partial charge in [0.05, 0.1) is 19.0 Å². The molecule has 6 nitrogen and oxygen atoms in total. The SMILES string of the molecule is COC(=O)CN1CCN(c2nc(C)nc3sc4c(c23)CCCC4)CC1. The maximum atomic E-state index is 11.5. The van der Waals surface area contributed by atoms with Crippen molar-refractivity contribution < 1.29 is 9.53 Å². The molecule has 1 fully saturated rings. The molecule has 7 heteroatoms. The molecule has 0 radical (unpaired) electrons. The molecule has 3 heterocycles. The summed E-state index contributed by atoms with van der Waals surface area (Å²) in [5.74, 6) is 1.78. The number of hydrogen-bond donors (Lipinski definition) is 0. The van der Waals surface area contributed by atoms with E-state index in [0.717, 1.165) is 49.1 Å². The Morgan fingerprint density at radius 1 is 1.16 bits per heavy atom. The normalized spacial score (nSPS) is 18.4. The van der Waals surface area contributed by atoms with E-state index in [4.69, 9.17) is 14.7 Å². The lowest BCUT2D eigenvalue weighted by atomic mass is 9.97. The second-order valence-corrected chi connectivity index (χ2v) is 7.91. The van der Waals surface area contributed by atoms with Gasteiger partial charge in [-0.25, -0.2) is 9.97 Å². The highest BCUT2D eigenvalue weighted by Gasteiger charge is 2.26. The largest absolute Gasteiger partial charge is 0.468 e. The molecule has 1 aliphatic carbocycles. The minimum Gasteiger partial charge on any atom is -0.468 e. The van der Waals surface area contributed by atoms with Crippen LogP contribution < -0.4 is 4.90 Å². The predicted octanol–water partition coefficient (Wildman–Crippen LogP) is 2.17. The Balaban J connectivity index is 1.61. The maximum absolute atomic E-state index is 11.5. The standard InChI is InChI=1S/C18H24N4O2S/c1-12-19-17(22-9-7-21(8-10-22)11-15(23)24-2)16-13-5-3-4-6-14(13)25-18(16)20-12/h3-11H2,1-2H3. The zero-order chi connectivity index (χ0) is 17.4. The van der Waals surface area contributed by atoms with Crippen molar-refractivity contribution in [3.63, 3.8) is 0 Å². The van der Waals surface area contributed by atoms with Crippen LogP contribution in [0.3, 0.4) is 0 Å². The summed E-state index contributed by atoms with van der Waals surface area (Å²) in [5.41, 5.74) is 1.48. The Hall–Kier alpha value is -1.73. The Morgan fingerprint density at radius 3 is 2.68 bits per heavy atom. The lowest BCUT2D eigenvalue weighted by Crippen LogP contribution is -2.48. The topological polar surface area (TPSA) is 58.6 Å². The summed E-state index contributed by atoms with van der Waals surface area (Å²) in [4.78, 5) is 28.2. The minimum absolute atomic E-state index is 0.166. The van der Waals surface area contributed by atoms with Crippen LogP contribution in [0.15, 0.2) is 0 Å². The van der Waals surface area contributed by atoms with E-state index in [1.165, 1.54) is 42.2 Å². The number of carbonyl (C=O) groups is 1. The zero-order valence-electron chi connectivity index (χ0n) is 14.9. The van der Waals surface area contributed by atoms with E-state index >= 15 is 0 Å². The second kappa shape index (κ2) is 6.88. The number of carbonyl (C=O) groups excluding carboxylic acids is 1. The van der Waals surface area contributed by atoms with Crippen LogP contribution in [-0.4, -0.2) is 60.7 Å². The molecule has 0 N–H and O–H groups in total. The first-order chi connectivity index (χ1) is 12.2. The van der Waals surface area contributed by atoms with Crippen LogP contribution >= 0.6 is 11.3 Å². The number of anilines is 1. The summed E-state index contributed by atoms with van der Waals surface area (Å²) in [6.07, 6.45) is 4.88. The molecule has 2 aliphatic rings. The molecule has 0 amide bonds. The molecule has 0 atom stereocenters. The molecule has 0 unspecified atom stereocenters. The molecule has 1 aliphatic heterocycles. The van der Waals surface area contributed by atoms with Gasteiger partial charge in [-0.15, -0.1) is 11.3 Å². The van der Waals surface area contributed by atoms with Gasteiger partial charge in [0.2, 0.25) is 0 Å². The van der Waals surface area contributed by atoms with Crippen molar-refractivity contribution in [2.75, 3.05) is 44.7 Å². The highest BCUT2D eigenvalue weighted by atomic mass is 32.1. The molecule has 2 aromatic heterocycles. The van der Waals surface area contributed by atoms with Gasteiger partial charge < -0.3 is 9.64 Å². The monoisotopic (exact) mass is 360 g/mol. The molecule has 0 bridgehead atoms. The number of piperazine rings is 1. The number of ether oxygens (including phenoxy) is 1. The Morgan fingerprint density at radius 2 is 1.92 bits per heavy atom. The lowest BCUT2D eigenvalue weighted by molar-refractivity contribution is -0.142. The van der Waals surface area contributed by atoms with Crippen molar-refractivity contribution in [1.82, 2.24) is 14.9 Å². The third kappa shape index (κ3) is 3.22. The molecule has 134 valence electrons. The number of thiophene rings is 1. The van der Waals surface area contributed by atoms with E-state index in [2.05, 4.69) is 9.80 Å². The summed E-state index contributed by atoms with van der Waals surface area (Å²) in [6.45, 7) is 5.82. The van der Waals surface area contributed by atoms with Crippen LogP contribution in [0, 0.1) is 6.92 Å². The van der Waals surface area contributed by atoms with Crippen LogP contribution in [0.5, 0.6) is 0 Å². The number of esters is 1. The smallest absolute Gasteiger partial charge is 0.319 e. The molecular formula is C18H24N4O2S. The van der Waals surface area contributed by atoms with Crippen LogP contribution in [0.4, 0.5) is 5.82 Å². The molecule has 2 aromatic rings. The fourth-order valence-corrected chi connectivity index (χ4v) is 5.14. The van der Waals surface area contributed by atoms with Crippen molar-refractivity contribution in [1.29, 1.82) is 0 Å². The number of aromatic nitrogens is 2. The van der Waals surface area contributed by atoms with Crippen molar-refractivity contribution >= 4 is 33.3 Å². The molecule has 0 saturated carbocycles. The number of nitrogens with zero attached hydrogens (tertiary/aromatic N) is 4. The Labute approximate surface area is 151 Å². The maximum Gasteiger partial charge on any atom is 0.319 e. The molecular weight excluding hydrogens is 336 g/mol. The van der Waals surface area contributed by atoms with Crippen LogP contribution in [-0.2, 0) is 22.4 Å². The first-order valence-corrected chi connectivity index (χ1v) is 9.80. The molecule has 0 aromatic carbocycles. The van der Waals surface area contributed by atoms with Gasteiger partial charge in [-0.05, 0) is 38.2 Å². The number of hydrogen-bond acceptors (Lipinski definition) is 7. The van der Waals surface area contributed by atoms with Gasteiger partial charge in [0.15, 0.2) is 0 Å². The van der Waals surface area contributed by atoms with Gasteiger partial charge in [0.25, 0.3) is 0 Å². The molecule has 4 rings (SSSR count). The Bertz CT molecular complexity index is 796. The van der Waals surface area contributed by atoms with Crippen molar-refractivity contribution in [3.8, 4) is 0 Å². The quantitative estimate of drug-likeness (QED) is 0.782. The summed E-state index contributed by atoms with van der Waals surface area (Å²) in [5, 5.41) is 1.28. The average Bonchev–Trinajstić information content (AvgIpc) is 2.99. The lowest BCUT2D eigenvalue weighted by Gasteiger charge is -2.35. The second-order valence-electron chi connectivity index (χ2n) is 6.82. The summed E-state index contributed by atoms with van der Waals surface area (Å²) >= 11 is 1.85. The first kappa shape index (κ1) is 16.7. The highest BCUT2D eigenvalue weighted by Crippen LogP contribution is 2.39. The highest BCUT2D eigenvalue weighted by molar-refractivity contribution is 7.19. The minimum atomic E-state index is -0.166. The molecule has 1 saturated heterocycles. The summed E-state index contributed by atoms with van der Waals surface area (Å²) < 4.78 is 4.78. The van der Waals surface area contributed by atoms with E-state index in [9.17, 15) is 4.79 Å². The van der Waals surface area contributed by atoms with Crippen molar-refractivity contribution in [2.45, 2.75) is 32.6 Å².